The molecule has 0 saturated heterocycles. The number of nitrogens with one attached hydrogen (secondary N) is 1. The van der Waals surface area contributed by atoms with Crippen LogP contribution in [0.4, 0.5) is 8.78 Å². The number of nitrogens with zero attached hydrogens (tertiary/aromatic N) is 3. The summed E-state index contributed by atoms with van der Waals surface area (Å²) in [6.45, 7) is 1.61. The van der Waals surface area contributed by atoms with Gasteiger partial charge < -0.3 is 0 Å². The Kier molecular flexibility index (Phi) is 1.80. The fourth-order valence-electron chi connectivity index (χ4n) is 1.12. The summed E-state index contributed by atoms with van der Waals surface area (Å²) in [6, 6.07) is 0.787. The van der Waals surface area contributed by atoms with Gasteiger partial charge in [0.25, 0.3) is 17.8 Å². The second-order valence-electron chi connectivity index (χ2n) is 2.76. The van der Waals surface area contributed by atoms with Gasteiger partial charge in [0.2, 0.25) is 0 Å². The van der Waals surface area contributed by atoms with E-state index in [1.165, 1.54) is 0 Å². The smallest absolute Gasteiger partial charge is 0.275 e. The Labute approximate surface area is 76.4 Å². The van der Waals surface area contributed by atoms with Crippen molar-refractivity contribution in [3.8, 4) is 0 Å². The van der Waals surface area contributed by atoms with E-state index in [9.17, 15) is 13.6 Å². The van der Waals surface area contributed by atoms with Crippen LogP contribution in [0.5, 0.6) is 0 Å². The molecule has 0 aliphatic carbocycles. The maximum Gasteiger partial charge on any atom is 0.280 e. The molecular weight excluding hydrogens is 194 g/mol. The SMILES string of the molecule is Cc1nc2nc(C(F)F)cc(=O)n2[nH]1. The zero-order chi connectivity index (χ0) is 10.3. The molecule has 7 heteroatoms. The van der Waals surface area contributed by atoms with Gasteiger partial charge in [-0.15, -0.1) is 0 Å². The van der Waals surface area contributed by atoms with Crippen molar-refractivity contribution in [2.45, 2.75) is 13.3 Å². The predicted molar refractivity (Wildman–Crippen MR) is 43.3 cm³/mol. The standard InChI is InChI=1S/C7H6F2N4O/c1-3-10-7-11-4(6(8)9)2-5(14)13(7)12-3/h2,6H,1H3,(H,10,11,12). The van der Waals surface area contributed by atoms with Crippen LogP contribution in [0, 0.1) is 6.92 Å². The van der Waals surface area contributed by atoms with E-state index in [-0.39, 0.29) is 5.78 Å². The minimum atomic E-state index is -2.76. The summed E-state index contributed by atoms with van der Waals surface area (Å²) in [5.74, 6) is 0.409. The first-order chi connectivity index (χ1) is 6.58. The number of hydrogen-bond donors (Lipinski definition) is 1. The van der Waals surface area contributed by atoms with Crippen molar-refractivity contribution in [2.75, 3.05) is 0 Å². The maximum absolute atomic E-state index is 12.2. The Morgan fingerprint density at radius 2 is 2.21 bits per heavy atom. The van der Waals surface area contributed by atoms with E-state index in [1.807, 2.05) is 0 Å². The Bertz CT molecular complexity index is 530. The van der Waals surface area contributed by atoms with Crippen LogP contribution in [0.25, 0.3) is 5.78 Å². The molecule has 2 rings (SSSR count). The van der Waals surface area contributed by atoms with Crippen molar-refractivity contribution in [3.63, 3.8) is 0 Å². The summed E-state index contributed by atoms with van der Waals surface area (Å²) >= 11 is 0. The number of fused-ring (bicyclic) bond motifs is 1. The Balaban J connectivity index is 2.78. The Morgan fingerprint density at radius 3 is 2.86 bits per heavy atom. The van der Waals surface area contributed by atoms with Crippen LogP contribution >= 0.6 is 0 Å². The fraction of sp³-hybridized carbons (Fsp3) is 0.286. The number of aryl methyl sites for hydroxylation is 1. The number of halogens is 2. The summed E-state index contributed by atoms with van der Waals surface area (Å²) in [5.41, 5.74) is -1.15. The molecule has 2 aromatic rings. The third-order valence-electron chi connectivity index (χ3n) is 1.69. The van der Waals surface area contributed by atoms with E-state index in [0.717, 1.165) is 10.6 Å². The lowest BCUT2D eigenvalue weighted by Crippen LogP contribution is -2.15. The monoisotopic (exact) mass is 200 g/mol. The molecule has 2 heterocycles. The number of aromatic nitrogens is 4. The van der Waals surface area contributed by atoms with Crippen LogP contribution in [-0.4, -0.2) is 19.6 Å². The van der Waals surface area contributed by atoms with Crippen LogP contribution in [0.15, 0.2) is 10.9 Å². The van der Waals surface area contributed by atoms with Gasteiger partial charge in [0.1, 0.15) is 11.5 Å². The first-order valence-corrected chi connectivity index (χ1v) is 3.82. The molecule has 5 nitrogen and oxygen atoms in total. The highest BCUT2D eigenvalue weighted by Gasteiger charge is 2.13. The quantitative estimate of drug-likeness (QED) is 0.735. The second kappa shape index (κ2) is 2.86. The molecule has 0 amide bonds. The average Bonchev–Trinajstić information content (AvgIpc) is 2.45. The molecule has 0 fully saturated rings. The predicted octanol–water partition coefficient (Wildman–Crippen LogP) is 0.664. The van der Waals surface area contributed by atoms with Gasteiger partial charge in [0.15, 0.2) is 0 Å². The fourth-order valence-corrected chi connectivity index (χ4v) is 1.12. The number of alkyl halides is 2. The molecule has 2 aromatic heterocycles. The molecule has 0 unspecified atom stereocenters. The van der Waals surface area contributed by atoms with Gasteiger partial charge in [-0.25, -0.2) is 13.8 Å². The van der Waals surface area contributed by atoms with Crippen molar-refractivity contribution in [1.29, 1.82) is 0 Å². The molecule has 0 aromatic carbocycles. The normalized spacial score (nSPS) is 11.4. The molecule has 0 aliphatic heterocycles. The lowest BCUT2D eigenvalue weighted by molar-refractivity contribution is 0.146. The van der Waals surface area contributed by atoms with Gasteiger partial charge in [-0.05, 0) is 6.92 Å². The average molecular weight is 200 g/mol. The molecule has 0 saturated carbocycles. The topological polar surface area (TPSA) is 63.1 Å². The zero-order valence-electron chi connectivity index (χ0n) is 7.16. The molecule has 0 atom stereocenters. The summed E-state index contributed by atoms with van der Waals surface area (Å²) in [4.78, 5) is 18.5. The number of hydrogen-bond acceptors (Lipinski definition) is 3. The first-order valence-electron chi connectivity index (χ1n) is 3.82. The molecule has 0 aliphatic rings. The zero-order valence-corrected chi connectivity index (χ0v) is 7.16. The highest BCUT2D eigenvalue weighted by atomic mass is 19.3. The Morgan fingerprint density at radius 1 is 1.50 bits per heavy atom. The van der Waals surface area contributed by atoms with Crippen LogP contribution in [-0.2, 0) is 0 Å². The van der Waals surface area contributed by atoms with Crippen molar-refractivity contribution in [3.05, 3.63) is 27.9 Å². The third kappa shape index (κ3) is 1.26. The van der Waals surface area contributed by atoms with Gasteiger partial charge in [0.05, 0.1) is 0 Å². The molecule has 14 heavy (non-hydrogen) atoms. The Hall–Kier alpha value is -1.79. The van der Waals surface area contributed by atoms with Crippen LogP contribution in [0.1, 0.15) is 17.9 Å². The van der Waals surface area contributed by atoms with Gasteiger partial charge >= 0.3 is 0 Å². The van der Waals surface area contributed by atoms with E-state index < -0.39 is 17.7 Å². The molecular formula is C7H6F2N4O. The lowest BCUT2D eigenvalue weighted by atomic mass is 10.4. The first kappa shape index (κ1) is 8.79. The van der Waals surface area contributed by atoms with E-state index >= 15 is 0 Å². The summed E-state index contributed by atoms with van der Waals surface area (Å²) in [5, 5.41) is 2.58. The van der Waals surface area contributed by atoms with E-state index in [4.69, 9.17) is 0 Å². The summed E-state index contributed by atoms with van der Waals surface area (Å²) in [6.07, 6.45) is -2.76. The summed E-state index contributed by atoms with van der Waals surface area (Å²) in [7, 11) is 0. The maximum atomic E-state index is 12.2. The van der Waals surface area contributed by atoms with Crippen LogP contribution in [0.3, 0.4) is 0 Å². The van der Waals surface area contributed by atoms with Crippen LogP contribution < -0.4 is 5.56 Å². The van der Waals surface area contributed by atoms with Gasteiger partial charge in [-0.2, -0.15) is 9.50 Å². The molecule has 0 spiro atoms. The van der Waals surface area contributed by atoms with E-state index in [0.29, 0.717) is 5.82 Å². The van der Waals surface area contributed by atoms with Crippen molar-refractivity contribution in [2.24, 2.45) is 0 Å². The highest BCUT2D eigenvalue weighted by Crippen LogP contribution is 2.14. The largest absolute Gasteiger partial charge is 0.280 e. The van der Waals surface area contributed by atoms with E-state index in [1.54, 1.807) is 6.92 Å². The van der Waals surface area contributed by atoms with Crippen LogP contribution in [0.2, 0.25) is 0 Å². The molecule has 1 N–H and O–H groups in total. The highest BCUT2D eigenvalue weighted by molar-refractivity contribution is 5.27. The van der Waals surface area contributed by atoms with Crippen molar-refractivity contribution >= 4 is 5.78 Å². The minimum absolute atomic E-state index is 0.0368. The number of H-pyrrole nitrogens is 1. The number of rotatable bonds is 1. The molecule has 0 radical (unpaired) electrons. The van der Waals surface area contributed by atoms with Gasteiger partial charge in [-0.1, -0.05) is 0 Å². The third-order valence-corrected chi connectivity index (χ3v) is 1.69. The van der Waals surface area contributed by atoms with Crippen molar-refractivity contribution < 1.29 is 8.78 Å². The molecule has 0 bridgehead atoms. The van der Waals surface area contributed by atoms with Gasteiger partial charge in [0, 0.05) is 6.07 Å². The summed E-state index contributed by atoms with van der Waals surface area (Å²) < 4.78 is 25.5. The number of aromatic amines is 1. The van der Waals surface area contributed by atoms with Gasteiger partial charge in [-0.3, -0.25) is 9.89 Å². The lowest BCUT2D eigenvalue weighted by Gasteiger charge is -1.96. The van der Waals surface area contributed by atoms with E-state index in [2.05, 4.69) is 15.1 Å². The minimum Gasteiger partial charge on any atom is -0.275 e. The second-order valence-corrected chi connectivity index (χ2v) is 2.76. The molecule has 74 valence electrons. The van der Waals surface area contributed by atoms with Crippen molar-refractivity contribution in [1.82, 2.24) is 19.6 Å².